The third-order valence-electron chi connectivity index (χ3n) is 6.09. The van der Waals surface area contributed by atoms with Gasteiger partial charge in [-0.05, 0) is 32.1 Å². The van der Waals surface area contributed by atoms with Crippen molar-refractivity contribution in [3.05, 3.63) is 34.7 Å². The van der Waals surface area contributed by atoms with Crippen LogP contribution < -0.4 is 0 Å². The lowest BCUT2D eigenvalue weighted by Crippen LogP contribution is -2.53. The summed E-state index contributed by atoms with van der Waals surface area (Å²) in [6.45, 7) is 3.52. The van der Waals surface area contributed by atoms with Crippen molar-refractivity contribution in [2.75, 3.05) is 19.8 Å². The Morgan fingerprint density at radius 3 is 2.96 bits per heavy atom. The number of ether oxygens (including phenoxy) is 1. The third kappa shape index (κ3) is 2.16. The molecule has 6 nitrogen and oxygen atoms in total. The van der Waals surface area contributed by atoms with E-state index in [9.17, 15) is 0 Å². The normalized spacial score (nSPS) is 23.2. The fourth-order valence-corrected chi connectivity index (χ4v) is 4.77. The van der Waals surface area contributed by atoms with Crippen LogP contribution in [0.15, 0.2) is 10.9 Å². The minimum Gasteiger partial charge on any atom is -0.381 e. The highest BCUT2D eigenvalue weighted by Gasteiger charge is 2.46. The first kappa shape index (κ1) is 14.7. The smallest absolute Gasteiger partial charge is 0.140 e. The van der Waals surface area contributed by atoms with Crippen molar-refractivity contribution < 1.29 is 9.26 Å². The summed E-state index contributed by atoms with van der Waals surface area (Å²) in [5.74, 6) is 1.12. The van der Waals surface area contributed by atoms with E-state index in [2.05, 4.69) is 15.0 Å². The average molecular weight is 328 g/mol. The molecule has 0 radical (unpaired) electrons. The van der Waals surface area contributed by atoms with Crippen LogP contribution in [0.4, 0.5) is 0 Å². The molecule has 24 heavy (non-hydrogen) atoms. The summed E-state index contributed by atoms with van der Waals surface area (Å²) in [4.78, 5) is 10.6. The minimum atomic E-state index is -0.00761. The van der Waals surface area contributed by atoms with Crippen molar-refractivity contribution in [3.8, 4) is 0 Å². The van der Waals surface area contributed by atoms with Crippen molar-refractivity contribution in [2.45, 2.75) is 57.0 Å². The molecule has 1 N–H and O–H groups in total. The minimum absolute atomic E-state index is 0.00761. The molecule has 5 rings (SSSR count). The molecule has 6 heteroatoms. The summed E-state index contributed by atoms with van der Waals surface area (Å²) in [5, 5.41) is 4.44. The van der Waals surface area contributed by atoms with Crippen LogP contribution in [-0.4, -0.2) is 39.8 Å². The lowest BCUT2D eigenvalue weighted by molar-refractivity contribution is -0.0458. The summed E-state index contributed by atoms with van der Waals surface area (Å²) < 4.78 is 11.3. The number of fused-ring (bicyclic) bond motifs is 3. The number of aromatic nitrogens is 3. The number of rotatable bonds is 2. The van der Waals surface area contributed by atoms with Gasteiger partial charge in [-0.2, -0.15) is 0 Å². The molecular weight excluding hydrogens is 304 g/mol. The van der Waals surface area contributed by atoms with Crippen LogP contribution in [-0.2, 0) is 36.1 Å². The Bertz CT molecular complexity index is 729. The molecule has 1 aliphatic carbocycles. The molecule has 2 aromatic heterocycles. The van der Waals surface area contributed by atoms with E-state index < -0.39 is 0 Å². The molecule has 4 heterocycles. The van der Waals surface area contributed by atoms with E-state index >= 15 is 0 Å². The molecule has 0 saturated carbocycles. The molecule has 1 saturated heterocycles. The van der Waals surface area contributed by atoms with Gasteiger partial charge >= 0.3 is 0 Å². The monoisotopic (exact) mass is 328 g/mol. The maximum absolute atomic E-state index is 5.66. The predicted octanol–water partition coefficient (Wildman–Crippen LogP) is 2.34. The summed E-state index contributed by atoms with van der Waals surface area (Å²) in [6.07, 6.45) is 9.53. The molecule has 0 aromatic carbocycles. The number of nitrogens with one attached hydrogen (secondary N) is 1. The molecule has 1 fully saturated rings. The lowest BCUT2D eigenvalue weighted by atomic mass is 9.80. The Kier molecular flexibility index (Phi) is 3.49. The molecule has 0 amide bonds. The summed E-state index contributed by atoms with van der Waals surface area (Å²) in [5.41, 5.74) is 5.04. The zero-order valence-electron chi connectivity index (χ0n) is 14.0. The van der Waals surface area contributed by atoms with Crippen LogP contribution in [0.2, 0.25) is 0 Å². The Balaban J connectivity index is 1.49. The van der Waals surface area contributed by atoms with Crippen LogP contribution in [0.5, 0.6) is 0 Å². The fraction of sp³-hybridized carbons (Fsp3) is 0.667. The van der Waals surface area contributed by atoms with Gasteiger partial charge in [0.25, 0.3) is 0 Å². The van der Waals surface area contributed by atoms with E-state index in [0.29, 0.717) is 0 Å². The second-order valence-corrected chi connectivity index (χ2v) is 7.28. The Morgan fingerprint density at radius 2 is 2.04 bits per heavy atom. The van der Waals surface area contributed by atoms with Gasteiger partial charge in [0, 0.05) is 50.4 Å². The molecule has 3 aliphatic rings. The Hall–Kier alpha value is -1.66. The van der Waals surface area contributed by atoms with Crippen LogP contribution in [0, 0.1) is 0 Å². The van der Waals surface area contributed by atoms with Crippen molar-refractivity contribution >= 4 is 0 Å². The first-order valence-corrected chi connectivity index (χ1v) is 9.19. The molecular formula is C18H24N4O2. The van der Waals surface area contributed by atoms with Gasteiger partial charge < -0.3 is 14.2 Å². The predicted molar refractivity (Wildman–Crippen MR) is 87.6 cm³/mol. The zero-order valence-corrected chi connectivity index (χ0v) is 14.0. The molecule has 2 aromatic rings. The second kappa shape index (κ2) is 5.70. The number of aryl methyl sites for hydroxylation is 1. The number of imidazole rings is 1. The van der Waals surface area contributed by atoms with Crippen LogP contribution in [0.25, 0.3) is 0 Å². The van der Waals surface area contributed by atoms with Gasteiger partial charge in [0.05, 0.1) is 17.6 Å². The van der Waals surface area contributed by atoms with Gasteiger partial charge in [0.15, 0.2) is 0 Å². The molecule has 0 unspecified atom stereocenters. The second-order valence-electron chi connectivity index (χ2n) is 7.28. The lowest BCUT2D eigenvalue weighted by Gasteiger charge is -2.48. The highest BCUT2D eigenvalue weighted by Crippen LogP contribution is 2.42. The number of H-pyrrole nitrogens is 1. The van der Waals surface area contributed by atoms with Crippen molar-refractivity contribution in [3.63, 3.8) is 0 Å². The molecule has 128 valence electrons. The molecule has 0 atom stereocenters. The topological polar surface area (TPSA) is 67.2 Å². The quantitative estimate of drug-likeness (QED) is 0.916. The van der Waals surface area contributed by atoms with Crippen LogP contribution in [0.1, 0.15) is 54.1 Å². The largest absolute Gasteiger partial charge is 0.381 e. The standard InChI is InChI=1S/C18H24N4O2/c1-2-4-16-13(3-1)15(21-24-16)11-22-8-5-14-17(20-12-19-14)18(22)6-9-23-10-7-18/h12H,1-11H2,(H,19,20). The van der Waals surface area contributed by atoms with Gasteiger partial charge in [-0.25, -0.2) is 4.98 Å². The zero-order chi connectivity index (χ0) is 16.0. The number of hydrogen-bond acceptors (Lipinski definition) is 5. The van der Waals surface area contributed by atoms with Gasteiger partial charge in [0.2, 0.25) is 0 Å². The molecule has 1 spiro atoms. The van der Waals surface area contributed by atoms with Crippen LogP contribution >= 0.6 is 0 Å². The highest BCUT2D eigenvalue weighted by atomic mass is 16.5. The van der Waals surface area contributed by atoms with Crippen molar-refractivity contribution in [2.24, 2.45) is 0 Å². The van der Waals surface area contributed by atoms with E-state index in [1.165, 1.54) is 29.8 Å². The van der Waals surface area contributed by atoms with E-state index in [-0.39, 0.29) is 5.54 Å². The first-order valence-electron chi connectivity index (χ1n) is 9.19. The van der Waals surface area contributed by atoms with Crippen molar-refractivity contribution in [1.82, 2.24) is 20.0 Å². The fourth-order valence-electron chi connectivity index (χ4n) is 4.77. The Morgan fingerprint density at radius 1 is 1.17 bits per heavy atom. The van der Waals surface area contributed by atoms with Crippen molar-refractivity contribution in [1.29, 1.82) is 0 Å². The average Bonchev–Trinajstić information content (AvgIpc) is 3.26. The summed E-state index contributed by atoms with van der Waals surface area (Å²) >= 11 is 0. The first-order chi connectivity index (χ1) is 11.9. The van der Waals surface area contributed by atoms with Gasteiger partial charge in [-0.15, -0.1) is 0 Å². The maximum atomic E-state index is 5.66. The Labute approximate surface area is 141 Å². The molecule has 2 aliphatic heterocycles. The highest BCUT2D eigenvalue weighted by molar-refractivity contribution is 5.29. The summed E-state index contributed by atoms with van der Waals surface area (Å²) in [7, 11) is 0. The van der Waals surface area contributed by atoms with Gasteiger partial charge in [-0.3, -0.25) is 4.90 Å². The van der Waals surface area contributed by atoms with E-state index in [0.717, 1.165) is 69.9 Å². The van der Waals surface area contributed by atoms with E-state index in [1.54, 1.807) is 0 Å². The number of aromatic amines is 1. The number of hydrogen-bond donors (Lipinski definition) is 1. The molecule has 0 bridgehead atoms. The van der Waals surface area contributed by atoms with Gasteiger partial charge in [-0.1, -0.05) is 5.16 Å². The van der Waals surface area contributed by atoms with Gasteiger partial charge in [0.1, 0.15) is 11.5 Å². The SMILES string of the molecule is c1nc2c([nH]1)CCN(Cc1noc3c1CCCC3)C21CCOCC1. The van der Waals surface area contributed by atoms with E-state index in [1.807, 2.05) is 6.33 Å². The van der Waals surface area contributed by atoms with E-state index in [4.69, 9.17) is 14.2 Å². The van der Waals surface area contributed by atoms with Crippen LogP contribution in [0.3, 0.4) is 0 Å². The maximum Gasteiger partial charge on any atom is 0.140 e. The third-order valence-corrected chi connectivity index (χ3v) is 6.09. The summed E-state index contributed by atoms with van der Waals surface area (Å²) in [6, 6.07) is 0. The number of nitrogens with zero attached hydrogens (tertiary/aromatic N) is 3.